The van der Waals surface area contributed by atoms with Crippen LogP contribution >= 0.6 is 11.8 Å². The van der Waals surface area contributed by atoms with Gasteiger partial charge < -0.3 is 5.43 Å². The first-order valence-corrected chi connectivity index (χ1v) is 7.34. The number of nitrogens with one attached hydrogen (secondary N) is 1. The van der Waals surface area contributed by atoms with Crippen LogP contribution in [0.1, 0.15) is 24.0 Å². The molecule has 0 amide bonds. The molecule has 0 aliphatic carbocycles. The fourth-order valence-corrected chi connectivity index (χ4v) is 2.60. The van der Waals surface area contributed by atoms with E-state index in [9.17, 15) is 4.39 Å². The molecule has 1 aromatic heterocycles. The third kappa shape index (κ3) is 3.46. The van der Waals surface area contributed by atoms with Crippen LogP contribution in [-0.2, 0) is 12.2 Å². The van der Waals surface area contributed by atoms with Crippen LogP contribution in [0.3, 0.4) is 0 Å². The molecule has 4 nitrogen and oxygen atoms in total. The minimum atomic E-state index is -0.233. The van der Waals surface area contributed by atoms with Crippen LogP contribution < -0.4 is 11.3 Å². The maximum atomic E-state index is 12.8. The van der Waals surface area contributed by atoms with Gasteiger partial charge >= 0.3 is 0 Å². The number of halogens is 1. The number of nitrogens with two attached hydrogens (primary N) is 1. The Morgan fingerprint density at radius 2 is 1.95 bits per heavy atom. The molecular formula is C14H17FN4S. The molecule has 2 aromatic rings. The van der Waals surface area contributed by atoms with Crippen LogP contribution in [0, 0.1) is 12.7 Å². The molecule has 0 unspecified atom stereocenters. The Balaban J connectivity index is 2.14. The number of anilines is 1. The van der Waals surface area contributed by atoms with E-state index in [0.717, 1.165) is 28.4 Å². The average Bonchev–Trinajstić information content (AvgIpc) is 2.47. The quantitative estimate of drug-likeness (QED) is 0.504. The van der Waals surface area contributed by atoms with Crippen molar-refractivity contribution in [3.8, 4) is 0 Å². The Morgan fingerprint density at radius 1 is 1.25 bits per heavy atom. The van der Waals surface area contributed by atoms with Crippen molar-refractivity contribution in [1.29, 1.82) is 0 Å². The molecule has 0 radical (unpaired) electrons. The third-order valence-electron chi connectivity index (χ3n) is 2.95. The highest BCUT2D eigenvalue weighted by Crippen LogP contribution is 2.23. The highest BCUT2D eigenvalue weighted by molar-refractivity contribution is 7.98. The topological polar surface area (TPSA) is 63.8 Å². The summed E-state index contributed by atoms with van der Waals surface area (Å²) in [5.74, 6) is 7.24. The lowest BCUT2D eigenvalue weighted by Crippen LogP contribution is -2.14. The van der Waals surface area contributed by atoms with Crippen molar-refractivity contribution in [3.05, 3.63) is 47.2 Å². The second kappa shape index (κ2) is 6.67. The first-order chi connectivity index (χ1) is 9.63. The molecule has 0 spiro atoms. The predicted octanol–water partition coefficient (Wildman–Crippen LogP) is 3.06. The number of aryl methyl sites for hydroxylation is 1. The molecule has 1 heterocycles. The van der Waals surface area contributed by atoms with Gasteiger partial charge in [-0.1, -0.05) is 6.92 Å². The highest BCUT2D eigenvalue weighted by Gasteiger charge is 2.09. The number of rotatable bonds is 5. The second-order valence-electron chi connectivity index (χ2n) is 4.30. The summed E-state index contributed by atoms with van der Waals surface area (Å²) >= 11 is 1.57. The number of hydrogen-bond donors (Lipinski definition) is 2. The van der Waals surface area contributed by atoms with Crippen LogP contribution in [0.2, 0.25) is 0 Å². The van der Waals surface area contributed by atoms with Gasteiger partial charge in [-0.15, -0.1) is 11.8 Å². The van der Waals surface area contributed by atoms with Crippen molar-refractivity contribution >= 4 is 17.6 Å². The lowest BCUT2D eigenvalue weighted by molar-refractivity contribution is 0.626. The normalized spacial score (nSPS) is 10.6. The third-order valence-corrected chi connectivity index (χ3v) is 3.95. The van der Waals surface area contributed by atoms with E-state index in [1.54, 1.807) is 23.9 Å². The van der Waals surface area contributed by atoms with Gasteiger partial charge in [0.15, 0.2) is 0 Å². The molecule has 0 aliphatic heterocycles. The van der Waals surface area contributed by atoms with E-state index in [-0.39, 0.29) is 5.82 Å². The second-order valence-corrected chi connectivity index (χ2v) is 5.35. The Labute approximate surface area is 122 Å². The van der Waals surface area contributed by atoms with E-state index in [4.69, 9.17) is 5.84 Å². The molecule has 0 aliphatic rings. The number of aromatic nitrogens is 2. The molecule has 0 saturated carbocycles. The molecule has 0 atom stereocenters. The molecule has 20 heavy (non-hydrogen) atoms. The van der Waals surface area contributed by atoms with Crippen LogP contribution in [0.25, 0.3) is 0 Å². The van der Waals surface area contributed by atoms with Gasteiger partial charge in [-0.3, -0.25) is 0 Å². The number of thioether (sulfide) groups is 1. The zero-order valence-corrected chi connectivity index (χ0v) is 12.3. The largest absolute Gasteiger partial charge is 0.308 e. The van der Waals surface area contributed by atoms with Crippen LogP contribution in [0.15, 0.2) is 29.2 Å². The van der Waals surface area contributed by atoms with Crippen molar-refractivity contribution in [2.45, 2.75) is 30.9 Å². The monoisotopic (exact) mass is 292 g/mol. The van der Waals surface area contributed by atoms with Gasteiger partial charge in [-0.25, -0.2) is 20.2 Å². The SMILES string of the molecule is CCc1nc(CSc2ccc(F)cc2)nc(NN)c1C. The first-order valence-electron chi connectivity index (χ1n) is 6.35. The maximum Gasteiger partial charge on any atom is 0.146 e. The first kappa shape index (κ1) is 14.7. The lowest BCUT2D eigenvalue weighted by atomic mass is 10.2. The van der Waals surface area contributed by atoms with Gasteiger partial charge in [0.25, 0.3) is 0 Å². The summed E-state index contributed by atoms with van der Waals surface area (Å²) in [6, 6.07) is 6.39. The molecule has 106 valence electrons. The summed E-state index contributed by atoms with van der Waals surface area (Å²) in [4.78, 5) is 9.90. The van der Waals surface area contributed by atoms with Crippen molar-refractivity contribution in [2.24, 2.45) is 5.84 Å². The predicted molar refractivity (Wildman–Crippen MR) is 79.9 cm³/mol. The van der Waals surface area contributed by atoms with Gasteiger partial charge in [0.1, 0.15) is 17.5 Å². The van der Waals surface area contributed by atoms with Crippen molar-refractivity contribution in [2.75, 3.05) is 5.43 Å². The summed E-state index contributed by atoms with van der Waals surface area (Å²) < 4.78 is 12.8. The van der Waals surface area contributed by atoms with Crippen LogP contribution in [0.4, 0.5) is 10.2 Å². The van der Waals surface area contributed by atoms with E-state index < -0.39 is 0 Å². The van der Waals surface area contributed by atoms with Gasteiger partial charge in [0.05, 0.1) is 5.75 Å². The summed E-state index contributed by atoms with van der Waals surface area (Å²) in [6.45, 7) is 4.00. The molecule has 2 rings (SSSR count). The van der Waals surface area contributed by atoms with E-state index in [1.165, 1.54) is 12.1 Å². The summed E-state index contributed by atoms with van der Waals surface area (Å²) in [5.41, 5.74) is 4.57. The van der Waals surface area contributed by atoms with Gasteiger partial charge in [-0.2, -0.15) is 0 Å². The van der Waals surface area contributed by atoms with Crippen molar-refractivity contribution < 1.29 is 4.39 Å². The number of hydrogen-bond acceptors (Lipinski definition) is 5. The minimum absolute atomic E-state index is 0.233. The Kier molecular flexibility index (Phi) is 4.92. The fourth-order valence-electron chi connectivity index (χ4n) is 1.84. The molecule has 0 fully saturated rings. The van der Waals surface area contributed by atoms with Gasteiger partial charge in [0.2, 0.25) is 0 Å². The van der Waals surface area contributed by atoms with E-state index >= 15 is 0 Å². The van der Waals surface area contributed by atoms with Gasteiger partial charge in [0, 0.05) is 16.2 Å². The Hall–Kier alpha value is -1.66. The zero-order chi connectivity index (χ0) is 14.5. The smallest absolute Gasteiger partial charge is 0.146 e. The summed E-state index contributed by atoms with van der Waals surface area (Å²) in [7, 11) is 0. The molecule has 0 bridgehead atoms. The molecule has 6 heteroatoms. The molecule has 3 N–H and O–H groups in total. The molecule has 1 aromatic carbocycles. The van der Waals surface area contributed by atoms with Crippen LogP contribution in [0.5, 0.6) is 0 Å². The van der Waals surface area contributed by atoms with Gasteiger partial charge in [-0.05, 0) is 37.6 Å². The van der Waals surface area contributed by atoms with E-state index in [1.807, 2.05) is 13.8 Å². The number of nitrogens with zero attached hydrogens (tertiary/aromatic N) is 2. The fraction of sp³-hybridized carbons (Fsp3) is 0.286. The summed E-state index contributed by atoms with van der Waals surface area (Å²) in [5, 5.41) is 0. The summed E-state index contributed by atoms with van der Waals surface area (Å²) in [6.07, 6.45) is 0.831. The zero-order valence-electron chi connectivity index (χ0n) is 11.5. The molecular weight excluding hydrogens is 275 g/mol. The Morgan fingerprint density at radius 3 is 2.55 bits per heavy atom. The Bertz CT molecular complexity index is 561. The van der Waals surface area contributed by atoms with Crippen molar-refractivity contribution in [3.63, 3.8) is 0 Å². The number of nitrogen functional groups attached to an aromatic ring is 1. The standard InChI is InChI=1S/C14H17FN4S/c1-3-12-9(2)14(19-16)18-13(17-12)8-20-11-6-4-10(15)5-7-11/h4-7H,3,8,16H2,1-2H3,(H,17,18,19). The number of hydrazine groups is 1. The van der Waals surface area contributed by atoms with Crippen molar-refractivity contribution in [1.82, 2.24) is 9.97 Å². The molecule has 0 saturated heterocycles. The van der Waals surface area contributed by atoms with E-state index in [2.05, 4.69) is 15.4 Å². The van der Waals surface area contributed by atoms with Crippen LogP contribution in [-0.4, -0.2) is 9.97 Å². The average molecular weight is 292 g/mol. The van der Waals surface area contributed by atoms with E-state index in [0.29, 0.717) is 11.6 Å². The maximum absolute atomic E-state index is 12.8. The lowest BCUT2D eigenvalue weighted by Gasteiger charge is -2.10. The highest BCUT2D eigenvalue weighted by atomic mass is 32.2. The minimum Gasteiger partial charge on any atom is -0.308 e. The number of benzene rings is 1.